The van der Waals surface area contributed by atoms with Gasteiger partial charge < -0.3 is 16.4 Å². The topological polar surface area (TPSA) is 96.1 Å². The number of benzene rings is 1. The zero-order chi connectivity index (χ0) is 13.0. The van der Waals surface area contributed by atoms with Gasteiger partial charge in [-0.1, -0.05) is 6.07 Å². The fourth-order valence-electron chi connectivity index (χ4n) is 1.58. The summed E-state index contributed by atoms with van der Waals surface area (Å²) in [5.74, 6) is -0.550. The van der Waals surface area contributed by atoms with Gasteiger partial charge in [-0.05, 0) is 19.1 Å². The predicted octanol–water partition coefficient (Wildman–Crippen LogP) is 1.11. The summed E-state index contributed by atoms with van der Waals surface area (Å²) in [7, 11) is 1.83. The van der Waals surface area contributed by atoms with E-state index in [9.17, 15) is 4.79 Å². The summed E-state index contributed by atoms with van der Waals surface area (Å²) >= 11 is 0. The first kappa shape index (κ1) is 12.8. The molecule has 1 aromatic rings. The third-order valence-corrected chi connectivity index (χ3v) is 2.78. The molecule has 90 valence electrons. The van der Waals surface area contributed by atoms with Gasteiger partial charge in [0.1, 0.15) is 0 Å². The van der Waals surface area contributed by atoms with Crippen LogP contribution in [0.2, 0.25) is 0 Å². The maximum absolute atomic E-state index is 11.2. The second-order valence-electron chi connectivity index (χ2n) is 3.92. The third kappa shape index (κ3) is 2.67. The molecule has 0 radical (unpaired) electrons. The standard InChI is InChI=1S/C12H16N4O/c1-8(6-7-13)16(2)10-5-3-4-9(11(10)14)12(15)17/h3-5,8H,6,14H2,1-2H3,(H2,15,17). The van der Waals surface area contributed by atoms with Crippen LogP contribution in [-0.2, 0) is 0 Å². The number of para-hydroxylation sites is 1. The number of rotatable bonds is 4. The van der Waals surface area contributed by atoms with E-state index >= 15 is 0 Å². The van der Waals surface area contributed by atoms with Gasteiger partial charge in [-0.15, -0.1) is 0 Å². The minimum atomic E-state index is -0.550. The first-order valence-electron chi connectivity index (χ1n) is 5.27. The summed E-state index contributed by atoms with van der Waals surface area (Å²) in [6, 6.07) is 7.23. The Kier molecular flexibility index (Phi) is 3.94. The number of nitrogen functional groups attached to an aromatic ring is 1. The van der Waals surface area contributed by atoms with Crippen molar-refractivity contribution < 1.29 is 4.79 Å². The lowest BCUT2D eigenvalue weighted by molar-refractivity contribution is 0.100. The molecule has 1 rings (SSSR count). The molecule has 0 fully saturated rings. The average molecular weight is 232 g/mol. The lowest BCUT2D eigenvalue weighted by Gasteiger charge is -2.27. The summed E-state index contributed by atoms with van der Waals surface area (Å²) in [5.41, 5.74) is 12.5. The summed E-state index contributed by atoms with van der Waals surface area (Å²) < 4.78 is 0. The molecule has 0 spiro atoms. The molecule has 0 aliphatic carbocycles. The van der Waals surface area contributed by atoms with E-state index in [1.807, 2.05) is 18.9 Å². The Bertz CT molecular complexity index is 464. The smallest absolute Gasteiger partial charge is 0.250 e. The van der Waals surface area contributed by atoms with Crippen LogP contribution in [0.4, 0.5) is 11.4 Å². The molecule has 0 heterocycles. The normalized spacial score (nSPS) is 11.6. The maximum Gasteiger partial charge on any atom is 0.250 e. The summed E-state index contributed by atoms with van der Waals surface area (Å²) in [6.45, 7) is 1.92. The number of nitriles is 1. The molecule has 5 nitrogen and oxygen atoms in total. The van der Waals surface area contributed by atoms with Crippen molar-refractivity contribution in [2.24, 2.45) is 5.73 Å². The van der Waals surface area contributed by atoms with Crippen LogP contribution in [0.3, 0.4) is 0 Å². The van der Waals surface area contributed by atoms with Gasteiger partial charge in [-0.3, -0.25) is 4.79 Å². The molecule has 1 unspecified atom stereocenters. The molecule has 0 aliphatic heterocycles. The molecule has 0 saturated heterocycles. The van der Waals surface area contributed by atoms with E-state index in [4.69, 9.17) is 16.7 Å². The average Bonchev–Trinajstić information content (AvgIpc) is 2.28. The van der Waals surface area contributed by atoms with Crippen LogP contribution < -0.4 is 16.4 Å². The third-order valence-electron chi connectivity index (χ3n) is 2.78. The molecule has 0 aliphatic rings. The van der Waals surface area contributed by atoms with Crippen molar-refractivity contribution in [2.75, 3.05) is 17.7 Å². The summed E-state index contributed by atoms with van der Waals surface area (Å²) in [4.78, 5) is 13.0. The number of nitrogens with two attached hydrogens (primary N) is 2. The van der Waals surface area contributed by atoms with Gasteiger partial charge in [0.15, 0.2) is 0 Å². The highest BCUT2D eigenvalue weighted by Gasteiger charge is 2.15. The highest BCUT2D eigenvalue weighted by atomic mass is 16.1. The Balaban J connectivity index is 3.11. The van der Waals surface area contributed by atoms with Crippen LogP contribution >= 0.6 is 0 Å². The van der Waals surface area contributed by atoms with E-state index in [0.717, 1.165) is 0 Å². The number of nitrogens with zero attached hydrogens (tertiary/aromatic N) is 2. The van der Waals surface area contributed by atoms with Gasteiger partial charge in [0.05, 0.1) is 29.4 Å². The Labute approximate surface area is 101 Å². The molecule has 0 saturated carbocycles. The van der Waals surface area contributed by atoms with Crippen molar-refractivity contribution in [3.05, 3.63) is 23.8 Å². The second kappa shape index (κ2) is 5.21. The van der Waals surface area contributed by atoms with Crippen molar-refractivity contribution in [3.8, 4) is 6.07 Å². The van der Waals surface area contributed by atoms with Crippen LogP contribution in [0.5, 0.6) is 0 Å². The van der Waals surface area contributed by atoms with Gasteiger partial charge in [-0.2, -0.15) is 5.26 Å². The summed E-state index contributed by atoms with van der Waals surface area (Å²) in [5, 5.41) is 8.66. The monoisotopic (exact) mass is 232 g/mol. The Morgan fingerprint density at radius 3 is 2.76 bits per heavy atom. The van der Waals surface area contributed by atoms with E-state index in [1.54, 1.807) is 18.2 Å². The van der Waals surface area contributed by atoms with Gasteiger partial charge in [0.25, 0.3) is 5.91 Å². The van der Waals surface area contributed by atoms with Crippen LogP contribution in [0, 0.1) is 11.3 Å². The van der Waals surface area contributed by atoms with E-state index < -0.39 is 5.91 Å². The van der Waals surface area contributed by atoms with Gasteiger partial charge in [0, 0.05) is 13.1 Å². The van der Waals surface area contributed by atoms with Gasteiger partial charge >= 0.3 is 0 Å². The molecule has 1 atom stereocenters. The lowest BCUT2D eigenvalue weighted by Crippen LogP contribution is -2.29. The minimum absolute atomic E-state index is 0.0189. The largest absolute Gasteiger partial charge is 0.396 e. The summed E-state index contributed by atoms with van der Waals surface area (Å²) in [6.07, 6.45) is 0.386. The Hall–Kier alpha value is -2.22. The van der Waals surface area contributed by atoms with Crippen molar-refractivity contribution >= 4 is 17.3 Å². The lowest BCUT2D eigenvalue weighted by atomic mass is 10.1. The Morgan fingerprint density at radius 2 is 2.24 bits per heavy atom. The van der Waals surface area contributed by atoms with Crippen molar-refractivity contribution in [1.82, 2.24) is 0 Å². The van der Waals surface area contributed by atoms with Gasteiger partial charge in [0.2, 0.25) is 0 Å². The minimum Gasteiger partial charge on any atom is -0.396 e. The molecule has 1 aromatic carbocycles. The van der Waals surface area contributed by atoms with Crippen LogP contribution in [-0.4, -0.2) is 19.0 Å². The number of amides is 1. The van der Waals surface area contributed by atoms with Gasteiger partial charge in [-0.25, -0.2) is 0 Å². The van der Waals surface area contributed by atoms with Crippen molar-refractivity contribution in [3.63, 3.8) is 0 Å². The molecule has 17 heavy (non-hydrogen) atoms. The fraction of sp³-hybridized carbons (Fsp3) is 0.333. The number of hydrogen-bond acceptors (Lipinski definition) is 4. The maximum atomic E-state index is 11.2. The SMILES string of the molecule is CC(CC#N)N(C)c1cccc(C(N)=O)c1N. The van der Waals surface area contributed by atoms with Crippen LogP contribution in [0.1, 0.15) is 23.7 Å². The molecule has 1 amide bonds. The highest BCUT2D eigenvalue weighted by molar-refractivity contribution is 6.00. The quantitative estimate of drug-likeness (QED) is 0.760. The van der Waals surface area contributed by atoms with Crippen LogP contribution in [0.25, 0.3) is 0 Å². The zero-order valence-electron chi connectivity index (χ0n) is 9.97. The number of primary amides is 1. The first-order valence-corrected chi connectivity index (χ1v) is 5.27. The number of hydrogen-bond donors (Lipinski definition) is 2. The van der Waals surface area contributed by atoms with Crippen molar-refractivity contribution in [1.29, 1.82) is 5.26 Å². The van der Waals surface area contributed by atoms with E-state index in [-0.39, 0.29) is 6.04 Å². The number of anilines is 2. The first-order chi connectivity index (χ1) is 7.99. The van der Waals surface area contributed by atoms with Crippen molar-refractivity contribution in [2.45, 2.75) is 19.4 Å². The molecule has 0 aromatic heterocycles. The number of carbonyl (C=O) groups is 1. The predicted molar refractivity (Wildman–Crippen MR) is 67.5 cm³/mol. The van der Waals surface area contributed by atoms with Crippen LogP contribution in [0.15, 0.2) is 18.2 Å². The molecule has 0 bridgehead atoms. The molecular weight excluding hydrogens is 216 g/mol. The Morgan fingerprint density at radius 1 is 1.59 bits per heavy atom. The molecule has 4 N–H and O–H groups in total. The van der Waals surface area contributed by atoms with E-state index in [0.29, 0.717) is 23.4 Å². The number of carbonyl (C=O) groups excluding carboxylic acids is 1. The highest BCUT2D eigenvalue weighted by Crippen LogP contribution is 2.27. The molecule has 5 heteroatoms. The van der Waals surface area contributed by atoms with E-state index in [1.165, 1.54) is 0 Å². The zero-order valence-corrected chi connectivity index (χ0v) is 9.97. The second-order valence-corrected chi connectivity index (χ2v) is 3.92. The molecular formula is C12H16N4O. The van der Waals surface area contributed by atoms with E-state index in [2.05, 4.69) is 6.07 Å². The fourth-order valence-corrected chi connectivity index (χ4v) is 1.58.